The van der Waals surface area contributed by atoms with Crippen molar-refractivity contribution in [1.82, 2.24) is 21.1 Å². The van der Waals surface area contributed by atoms with Gasteiger partial charge >= 0.3 is 6.03 Å². The second-order valence-electron chi connectivity index (χ2n) is 5.79. The van der Waals surface area contributed by atoms with Crippen LogP contribution in [-0.4, -0.2) is 35.2 Å². The van der Waals surface area contributed by atoms with Crippen LogP contribution >= 0.6 is 12.2 Å². The van der Waals surface area contributed by atoms with Crippen molar-refractivity contribution in [2.24, 2.45) is 0 Å². The fourth-order valence-electron chi connectivity index (χ4n) is 2.42. The van der Waals surface area contributed by atoms with Gasteiger partial charge in [0.1, 0.15) is 11.3 Å². The van der Waals surface area contributed by atoms with Gasteiger partial charge in [-0.2, -0.15) is 5.01 Å². The number of carbonyl (C=O) groups is 2. The largest absolute Gasteiger partial charge is 0.497 e. The molecule has 0 unspecified atom stereocenters. The average molecular weight is 334 g/mol. The number of rotatable bonds is 4. The number of nitrogens with zero attached hydrogens (tertiary/aromatic N) is 1. The average Bonchev–Trinajstić information content (AvgIpc) is 3.31. The van der Waals surface area contributed by atoms with Crippen molar-refractivity contribution in [1.29, 1.82) is 0 Å². The zero-order valence-corrected chi connectivity index (χ0v) is 13.7. The predicted octanol–water partition coefficient (Wildman–Crippen LogP) is 1.00. The third-order valence-electron chi connectivity index (χ3n) is 3.96. The van der Waals surface area contributed by atoms with Gasteiger partial charge in [-0.1, -0.05) is 12.1 Å². The molecule has 0 aromatic heterocycles. The van der Waals surface area contributed by atoms with Crippen molar-refractivity contribution in [3.8, 4) is 5.75 Å². The van der Waals surface area contributed by atoms with Gasteiger partial charge in [-0.3, -0.25) is 10.2 Å². The Hall–Kier alpha value is -2.35. The van der Waals surface area contributed by atoms with E-state index in [1.54, 1.807) is 38.3 Å². The molecule has 2 fully saturated rings. The second kappa shape index (κ2) is 5.69. The monoisotopic (exact) mass is 334 g/mol. The lowest BCUT2D eigenvalue weighted by atomic mass is 9.92. The molecular formula is C15H18N4O3S. The lowest BCUT2D eigenvalue weighted by Gasteiger charge is -2.23. The first-order valence-electron chi connectivity index (χ1n) is 7.32. The Morgan fingerprint density at radius 3 is 2.83 bits per heavy atom. The van der Waals surface area contributed by atoms with Crippen LogP contribution < -0.4 is 20.8 Å². The molecule has 122 valence electrons. The molecule has 3 amide bonds. The summed E-state index contributed by atoms with van der Waals surface area (Å²) in [4.78, 5) is 24.9. The summed E-state index contributed by atoms with van der Waals surface area (Å²) in [5.41, 5.74) is 2.13. The first-order chi connectivity index (χ1) is 10.9. The van der Waals surface area contributed by atoms with E-state index in [0.717, 1.165) is 17.9 Å². The number of thiocarbonyl (C=S) groups is 1. The van der Waals surface area contributed by atoms with E-state index in [-0.39, 0.29) is 5.11 Å². The Balaban J connectivity index is 1.79. The fourth-order valence-corrected chi connectivity index (χ4v) is 2.68. The first-order valence-corrected chi connectivity index (χ1v) is 7.73. The molecule has 1 aromatic carbocycles. The van der Waals surface area contributed by atoms with Crippen molar-refractivity contribution >= 4 is 29.3 Å². The van der Waals surface area contributed by atoms with E-state index in [1.165, 1.54) is 0 Å². The summed E-state index contributed by atoms with van der Waals surface area (Å²) in [6.07, 6.45) is 2.09. The maximum Gasteiger partial charge on any atom is 0.344 e. The Kier molecular flexibility index (Phi) is 3.85. The highest BCUT2D eigenvalue weighted by atomic mass is 32.1. The van der Waals surface area contributed by atoms with Crippen LogP contribution in [0.1, 0.15) is 25.3 Å². The number of benzene rings is 1. The van der Waals surface area contributed by atoms with Gasteiger partial charge in [0.2, 0.25) is 0 Å². The van der Waals surface area contributed by atoms with Gasteiger partial charge in [0, 0.05) is 6.04 Å². The number of hydrogen-bond acceptors (Lipinski definition) is 4. The Morgan fingerprint density at radius 2 is 2.17 bits per heavy atom. The Bertz CT molecular complexity index is 676. The molecule has 1 heterocycles. The smallest absolute Gasteiger partial charge is 0.344 e. The third-order valence-corrected chi connectivity index (χ3v) is 4.17. The number of carbonyl (C=O) groups excluding carboxylic acids is 2. The number of urea groups is 1. The fraction of sp³-hybridized carbons (Fsp3) is 0.400. The molecule has 3 N–H and O–H groups in total. The van der Waals surface area contributed by atoms with E-state index < -0.39 is 17.5 Å². The highest BCUT2D eigenvalue weighted by Crippen LogP contribution is 2.30. The summed E-state index contributed by atoms with van der Waals surface area (Å²) in [5.74, 6) is 0.193. The number of ether oxygens (including phenoxy) is 1. The molecule has 1 aliphatic carbocycles. The minimum atomic E-state index is -1.17. The summed E-state index contributed by atoms with van der Waals surface area (Å²) < 4.78 is 5.18. The minimum Gasteiger partial charge on any atom is -0.497 e. The predicted molar refractivity (Wildman–Crippen MR) is 87.6 cm³/mol. The number of methoxy groups -OCH3 is 1. The van der Waals surface area contributed by atoms with Gasteiger partial charge in [0.25, 0.3) is 5.91 Å². The zero-order chi connectivity index (χ0) is 16.6. The molecule has 3 rings (SSSR count). The van der Waals surface area contributed by atoms with E-state index in [0.29, 0.717) is 17.4 Å². The molecular weight excluding hydrogens is 316 g/mol. The molecule has 8 heteroatoms. The molecule has 2 aliphatic rings. The summed E-state index contributed by atoms with van der Waals surface area (Å²) in [5, 5.41) is 6.92. The first kappa shape index (κ1) is 15.5. The van der Waals surface area contributed by atoms with Crippen LogP contribution in [0.5, 0.6) is 5.75 Å². The van der Waals surface area contributed by atoms with E-state index >= 15 is 0 Å². The van der Waals surface area contributed by atoms with Crippen molar-refractivity contribution in [2.75, 3.05) is 7.11 Å². The number of nitrogens with one attached hydrogen (secondary N) is 3. The highest BCUT2D eigenvalue weighted by molar-refractivity contribution is 7.80. The molecule has 1 saturated heterocycles. The van der Waals surface area contributed by atoms with Crippen molar-refractivity contribution in [3.05, 3.63) is 29.8 Å². The second-order valence-corrected chi connectivity index (χ2v) is 6.20. The summed E-state index contributed by atoms with van der Waals surface area (Å²) in [6.45, 7) is 1.65. The third kappa shape index (κ3) is 2.94. The van der Waals surface area contributed by atoms with E-state index in [2.05, 4.69) is 16.1 Å². The Morgan fingerprint density at radius 1 is 1.43 bits per heavy atom. The van der Waals surface area contributed by atoms with Crippen LogP contribution in [-0.2, 0) is 10.3 Å². The maximum atomic E-state index is 12.7. The normalized spacial score (nSPS) is 23.5. The van der Waals surface area contributed by atoms with Gasteiger partial charge in [-0.25, -0.2) is 4.79 Å². The van der Waals surface area contributed by atoms with E-state index in [1.807, 2.05) is 0 Å². The van der Waals surface area contributed by atoms with E-state index in [4.69, 9.17) is 17.0 Å². The Labute approximate surface area is 139 Å². The molecule has 1 saturated carbocycles. The topological polar surface area (TPSA) is 82.7 Å². The highest BCUT2D eigenvalue weighted by Gasteiger charge is 2.50. The lowest BCUT2D eigenvalue weighted by molar-refractivity contribution is -0.132. The number of imide groups is 1. The van der Waals surface area contributed by atoms with Crippen LogP contribution in [0.15, 0.2) is 24.3 Å². The van der Waals surface area contributed by atoms with Gasteiger partial charge in [-0.15, -0.1) is 0 Å². The molecule has 23 heavy (non-hydrogen) atoms. The maximum absolute atomic E-state index is 12.7. The lowest BCUT2D eigenvalue weighted by Crippen LogP contribution is -2.51. The van der Waals surface area contributed by atoms with Gasteiger partial charge < -0.3 is 15.4 Å². The van der Waals surface area contributed by atoms with Crippen LogP contribution in [0.25, 0.3) is 0 Å². The molecule has 0 spiro atoms. The quantitative estimate of drug-likeness (QED) is 0.563. The van der Waals surface area contributed by atoms with Crippen LogP contribution in [0.3, 0.4) is 0 Å². The minimum absolute atomic E-state index is 0.269. The molecule has 7 nitrogen and oxygen atoms in total. The number of amides is 3. The molecule has 0 radical (unpaired) electrons. The van der Waals surface area contributed by atoms with Crippen LogP contribution in [0.4, 0.5) is 4.79 Å². The number of hydrazine groups is 1. The van der Waals surface area contributed by atoms with Gasteiger partial charge in [0.15, 0.2) is 5.11 Å². The van der Waals surface area contributed by atoms with Crippen molar-refractivity contribution in [2.45, 2.75) is 31.3 Å². The standard InChI is InChI=1S/C15H18N4O3S/c1-15(9-4-3-5-11(8-9)22-2)12(20)19(14(21)17-15)18-13(23)16-10-6-7-10/h3-5,8,10H,6-7H2,1-2H3,(H,17,21)(H2,16,18,23)/t15-/m0/s1. The molecule has 1 atom stereocenters. The van der Waals surface area contributed by atoms with Gasteiger partial charge in [0.05, 0.1) is 7.11 Å². The van der Waals surface area contributed by atoms with Crippen molar-refractivity contribution in [3.63, 3.8) is 0 Å². The summed E-state index contributed by atoms with van der Waals surface area (Å²) in [7, 11) is 1.55. The zero-order valence-electron chi connectivity index (χ0n) is 12.9. The summed E-state index contributed by atoms with van der Waals surface area (Å²) in [6, 6.07) is 6.83. The van der Waals surface area contributed by atoms with Gasteiger partial charge in [-0.05, 0) is 49.7 Å². The molecule has 1 aliphatic heterocycles. The summed E-state index contributed by atoms with van der Waals surface area (Å²) >= 11 is 5.13. The van der Waals surface area contributed by atoms with Crippen LogP contribution in [0, 0.1) is 0 Å². The van der Waals surface area contributed by atoms with E-state index in [9.17, 15) is 9.59 Å². The SMILES string of the molecule is COc1cccc([C@]2(C)NC(=O)N(NC(=S)NC3CC3)C2=O)c1. The molecule has 0 bridgehead atoms. The molecule has 1 aromatic rings. The van der Waals surface area contributed by atoms with Crippen LogP contribution in [0.2, 0.25) is 0 Å². The van der Waals surface area contributed by atoms with Crippen molar-refractivity contribution < 1.29 is 14.3 Å². The number of hydrogen-bond donors (Lipinski definition) is 3.